The quantitative estimate of drug-likeness (QED) is 0.883. The largest absolute Gasteiger partial charge is 0.457 e. The summed E-state index contributed by atoms with van der Waals surface area (Å²) in [6.07, 6.45) is 0.163. The van der Waals surface area contributed by atoms with E-state index in [9.17, 15) is 9.18 Å². The molecule has 0 saturated heterocycles. The smallest absolute Gasteiger partial charge is 0.202 e. The molecule has 94 valence electrons. The molecular formula is C13H11BrFNO2. The predicted molar refractivity (Wildman–Crippen MR) is 68.7 cm³/mol. The van der Waals surface area contributed by atoms with Crippen LogP contribution in [0.1, 0.15) is 21.9 Å². The average Bonchev–Trinajstić information content (AvgIpc) is 2.82. The third-order valence-corrected chi connectivity index (χ3v) is 3.09. The molecule has 3 nitrogen and oxygen atoms in total. The first-order chi connectivity index (χ1) is 8.60. The van der Waals surface area contributed by atoms with E-state index >= 15 is 0 Å². The van der Waals surface area contributed by atoms with E-state index in [1.807, 2.05) is 0 Å². The molecule has 0 fully saturated rings. The summed E-state index contributed by atoms with van der Waals surface area (Å²) >= 11 is 3.08. The molecule has 2 N–H and O–H groups in total. The summed E-state index contributed by atoms with van der Waals surface area (Å²) in [5.41, 5.74) is 6.12. The number of carbonyl (C=O) groups excluding carboxylic acids is 1. The summed E-state index contributed by atoms with van der Waals surface area (Å²) in [5.74, 6) is 0.331. The summed E-state index contributed by atoms with van der Waals surface area (Å²) in [6, 6.07) is 7.75. The first-order valence-electron chi connectivity index (χ1n) is 5.36. The molecule has 1 aromatic heterocycles. The van der Waals surface area contributed by atoms with Gasteiger partial charge in [0.05, 0.1) is 11.0 Å². The highest BCUT2D eigenvalue weighted by atomic mass is 79.9. The Morgan fingerprint density at radius 2 is 2.11 bits per heavy atom. The molecule has 0 unspecified atom stereocenters. The Labute approximate surface area is 112 Å². The van der Waals surface area contributed by atoms with E-state index in [0.717, 1.165) is 5.56 Å². The Morgan fingerprint density at radius 1 is 1.33 bits per heavy atom. The standard InChI is InChI=1S/C13H11BrFNO2/c14-10-5-8(1-3-11(10)15)6-12(17)13-4-2-9(7-16)18-13/h1-5H,6-7,16H2. The van der Waals surface area contributed by atoms with Gasteiger partial charge in [-0.1, -0.05) is 6.07 Å². The van der Waals surface area contributed by atoms with Crippen LogP contribution in [-0.4, -0.2) is 5.78 Å². The minimum Gasteiger partial charge on any atom is -0.457 e. The highest BCUT2D eigenvalue weighted by Crippen LogP contribution is 2.18. The number of hydrogen-bond acceptors (Lipinski definition) is 3. The maximum Gasteiger partial charge on any atom is 0.202 e. The lowest BCUT2D eigenvalue weighted by molar-refractivity contribution is 0.0964. The summed E-state index contributed by atoms with van der Waals surface area (Å²) < 4.78 is 18.6. The maximum absolute atomic E-state index is 13.0. The van der Waals surface area contributed by atoms with Gasteiger partial charge in [-0.2, -0.15) is 0 Å². The van der Waals surface area contributed by atoms with Gasteiger partial charge in [0.25, 0.3) is 0 Å². The number of rotatable bonds is 4. The van der Waals surface area contributed by atoms with Crippen LogP contribution in [0.2, 0.25) is 0 Å². The molecule has 0 aliphatic rings. The zero-order valence-electron chi connectivity index (χ0n) is 9.45. The number of furan rings is 1. The van der Waals surface area contributed by atoms with Crippen molar-refractivity contribution in [2.24, 2.45) is 5.73 Å². The SMILES string of the molecule is NCc1ccc(C(=O)Cc2ccc(F)c(Br)c2)o1. The molecule has 1 aromatic carbocycles. The van der Waals surface area contributed by atoms with Crippen molar-refractivity contribution in [2.75, 3.05) is 0 Å². The van der Waals surface area contributed by atoms with Crippen LogP contribution in [0.3, 0.4) is 0 Å². The van der Waals surface area contributed by atoms with Gasteiger partial charge in [-0.15, -0.1) is 0 Å². The molecule has 0 spiro atoms. The van der Waals surface area contributed by atoms with Crippen LogP contribution in [-0.2, 0) is 13.0 Å². The number of benzene rings is 1. The van der Waals surface area contributed by atoms with Gasteiger partial charge in [-0.05, 0) is 45.8 Å². The molecule has 18 heavy (non-hydrogen) atoms. The van der Waals surface area contributed by atoms with Crippen molar-refractivity contribution in [3.63, 3.8) is 0 Å². The monoisotopic (exact) mass is 311 g/mol. The van der Waals surface area contributed by atoms with Crippen molar-refractivity contribution >= 4 is 21.7 Å². The normalized spacial score (nSPS) is 10.6. The Kier molecular flexibility index (Phi) is 3.93. The summed E-state index contributed by atoms with van der Waals surface area (Å²) in [4.78, 5) is 11.9. The van der Waals surface area contributed by atoms with Crippen molar-refractivity contribution in [1.29, 1.82) is 0 Å². The molecule has 0 aliphatic carbocycles. The van der Waals surface area contributed by atoms with Gasteiger partial charge >= 0.3 is 0 Å². The second-order valence-electron chi connectivity index (χ2n) is 3.82. The lowest BCUT2D eigenvalue weighted by Gasteiger charge is -2.01. The van der Waals surface area contributed by atoms with Crippen LogP contribution in [0.15, 0.2) is 39.2 Å². The van der Waals surface area contributed by atoms with Crippen molar-refractivity contribution in [1.82, 2.24) is 0 Å². The molecule has 0 amide bonds. The number of Topliss-reactive ketones (excluding diaryl/α,β-unsaturated/α-hetero) is 1. The molecule has 1 heterocycles. The van der Waals surface area contributed by atoms with E-state index < -0.39 is 0 Å². The van der Waals surface area contributed by atoms with Crippen LogP contribution in [0.25, 0.3) is 0 Å². The minimum absolute atomic E-state index is 0.159. The van der Waals surface area contributed by atoms with Crippen LogP contribution in [0.5, 0.6) is 0 Å². The van der Waals surface area contributed by atoms with E-state index in [1.54, 1.807) is 24.3 Å². The fourth-order valence-corrected chi connectivity index (χ4v) is 1.99. The topological polar surface area (TPSA) is 56.2 Å². The van der Waals surface area contributed by atoms with Crippen molar-refractivity contribution in [2.45, 2.75) is 13.0 Å². The first-order valence-corrected chi connectivity index (χ1v) is 6.15. The summed E-state index contributed by atoms with van der Waals surface area (Å²) in [5, 5.41) is 0. The number of ketones is 1. The highest BCUT2D eigenvalue weighted by Gasteiger charge is 2.12. The van der Waals surface area contributed by atoms with Crippen LogP contribution in [0.4, 0.5) is 4.39 Å². The summed E-state index contributed by atoms with van der Waals surface area (Å²) in [6.45, 7) is 0.259. The van der Waals surface area contributed by atoms with Crippen LogP contribution in [0, 0.1) is 5.82 Å². The van der Waals surface area contributed by atoms with Gasteiger partial charge in [0.1, 0.15) is 11.6 Å². The third-order valence-electron chi connectivity index (χ3n) is 2.49. The Balaban J connectivity index is 2.13. The number of carbonyl (C=O) groups is 1. The Bertz CT molecular complexity index is 580. The zero-order valence-corrected chi connectivity index (χ0v) is 11.0. The third kappa shape index (κ3) is 2.86. The molecule has 0 aliphatic heterocycles. The van der Waals surface area contributed by atoms with Crippen molar-refractivity contribution in [3.8, 4) is 0 Å². The second-order valence-corrected chi connectivity index (χ2v) is 4.67. The number of nitrogens with two attached hydrogens (primary N) is 1. The number of halogens is 2. The lowest BCUT2D eigenvalue weighted by atomic mass is 10.1. The molecule has 5 heteroatoms. The van der Waals surface area contributed by atoms with E-state index in [2.05, 4.69) is 15.9 Å². The van der Waals surface area contributed by atoms with Gasteiger partial charge in [-0.3, -0.25) is 4.79 Å². The van der Waals surface area contributed by atoms with Gasteiger partial charge < -0.3 is 10.2 Å². The minimum atomic E-state index is -0.352. The van der Waals surface area contributed by atoms with E-state index in [0.29, 0.717) is 10.2 Å². The average molecular weight is 312 g/mol. The van der Waals surface area contributed by atoms with E-state index in [-0.39, 0.29) is 30.3 Å². The first kappa shape index (κ1) is 13.0. The van der Waals surface area contributed by atoms with E-state index in [4.69, 9.17) is 10.2 Å². The molecule has 2 rings (SSSR count). The highest BCUT2D eigenvalue weighted by molar-refractivity contribution is 9.10. The van der Waals surface area contributed by atoms with Crippen LogP contribution < -0.4 is 5.73 Å². The second kappa shape index (κ2) is 5.46. The predicted octanol–water partition coefficient (Wildman–Crippen LogP) is 3.07. The number of hydrogen-bond donors (Lipinski definition) is 1. The summed E-state index contributed by atoms with van der Waals surface area (Å²) in [7, 11) is 0. The lowest BCUT2D eigenvalue weighted by Crippen LogP contribution is -2.02. The maximum atomic E-state index is 13.0. The Morgan fingerprint density at radius 3 is 2.72 bits per heavy atom. The fraction of sp³-hybridized carbons (Fsp3) is 0.154. The van der Waals surface area contributed by atoms with Gasteiger partial charge in [0, 0.05) is 6.42 Å². The van der Waals surface area contributed by atoms with Crippen molar-refractivity contribution in [3.05, 3.63) is 57.7 Å². The molecule has 0 atom stereocenters. The van der Waals surface area contributed by atoms with Gasteiger partial charge in [0.2, 0.25) is 5.78 Å². The molecular weight excluding hydrogens is 301 g/mol. The van der Waals surface area contributed by atoms with Gasteiger partial charge in [0.15, 0.2) is 5.76 Å². The zero-order chi connectivity index (χ0) is 13.1. The van der Waals surface area contributed by atoms with E-state index in [1.165, 1.54) is 6.07 Å². The fourth-order valence-electron chi connectivity index (χ4n) is 1.56. The Hall–Kier alpha value is -1.46. The van der Waals surface area contributed by atoms with Gasteiger partial charge in [-0.25, -0.2) is 4.39 Å². The molecule has 0 saturated carbocycles. The van der Waals surface area contributed by atoms with Crippen molar-refractivity contribution < 1.29 is 13.6 Å². The molecule has 2 aromatic rings. The molecule has 0 radical (unpaired) electrons. The molecule has 0 bridgehead atoms. The van der Waals surface area contributed by atoms with Crippen LogP contribution >= 0.6 is 15.9 Å².